The van der Waals surface area contributed by atoms with Crippen molar-refractivity contribution >= 4 is 8.32 Å². The van der Waals surface area contributed by atoms with E-state index in [4.69, 9.17) is 4.43 Å². The van der Waals surface area contributed by atoms with Crippen LogP contribution in [0.4, 0.5) is 0 Å². The van der Waals surface area contributed by atoms with E-state index in [1.54, 1.807) is 0 Å². The first-order valence-corrected chi connectivity index (χ1v) is 9.35. The van der Waals surface area contributed by atoms with Crippen molar-refractivity contribution in [2.75, 3.05) is 7.11 Å². The Bertz CT molecular complexity index is 282. The van der Waals surface area contributed by atoms with Crippen LogP contribution in [0.2, 0.25) is 19.1 Å². The lowest BCUT2D eigenvalue weighted by atomic mass is 10.1. The molecule has 2 heteroatoms. The normalized spacial score (nSPS) is 11.7. The molecule has 16 heavy (non-hydrogen) atoms. The van der Waals surface area contributed by atoms with Crippen LogP contribution in [0.3, 0.4) is 0 Å². The maximum atomic E-state index is 5.54. The fourth-order valence-electron chi connectivity index (χ4n) is 1.80. The van der Waals surface area contributed by atoms with Gasteiger partial charge < -0.3 is 4.43 Å². The van der Waals surface area contributed by atoms with Gasteiger partial charge in [-0.1, -0.05) is 43.2 Å². The van der Waals surface area contributed by atoms with Crippen molar-refractivity contribution in [2.45, 2.75) is 44.8 Å². The van der Waals surface area contributed by atoms with Crippen molar-refractivity contribution in [3.8, 4) is 0 Å². The summed E-state index contributed by atoms with van der Waals surface area (Å²) in [6.07, 6.45) is 5.17. The lowest BCUT2D eigenvalue weighted by molar-refractivity contribution is 0.401. The molecule has 0 heterocycles. The summed E-state index contributed by atoms with van der Waals surface area (Å²) < 4.78 is 5.54. The Hall–Kier alpha value is -0.603. The van der Waals surface area contributed by atoms with Gasteiger partial charge in [0.15, 0.2) is 8.32 Å². The molecular weight excluding hydrogens is 212 g/mol. The molecule has 1 nitrogen and oxygen atoms in total. The Balaban J connectivity index is 2.09. The zero-order valence-corrected chi connectivity index (χ0v) is 11.8. The SMILES string of the molecule is CO[Si](C)(C)CCCCCc1ccccc1. The third-order valence-electron chi connectivity index (χ3n) is 3.14. The van der Waals surface area contributed by atoms with Crippen molar-refractivity contribution in [1.29, 1.82) is 0 Å². The summed E-state index contributed by atoms with van der Waals surface area (Å²) in [4.78, 5) is 0. The second-order valence-corrected chi connectivity index (χ2v) is 9.44. The molecule has 0 aliphatic heterocycles. The molecule has 0 amide bonds. The summed E-state index contributed by atoms with van der Waals surface area (Å²) in [6.45, 7) is 4.59. The predicted molar refractivity (Wildman–Crippen MR) is 73.3 cm³/mol. The van der Waals surface area contributed by atoms with Gasteiger partial charge in [-0.3, -0.25) is 0 Å². The summed E-state index contributed by atoms with van der Waals surface area (Å²) in [5.74, 6) is 0. The number of rotatable bonds is 7. The zero-order chi connectivity index (χ0) is 11.9. The van der Waals surface area contributed by atoms with E-state index in [2.05, 4.69) is 43.4 Å². The van der Waals surface area contributed by atoms with E-state index in [0.29, 0.717) is 0 Å². The number of unbranched alkanes of at least 4 members (excludes halogenated alkanes) is 2. The first-order valence-electron chi connectivity index (χ1n) is 6.23. The number of benzene rings is 1. The Morgan fingerprint density at radius 1 is 1.00 bits per heavy atom. The maximum Gasteiger partial charge on any atom is 0.186 e. The predicted octanol–water partition coefficient (Wildman–Crippen LogP) is 4.25. The van der Waals surface area contributed by atoms with Gasteiger partial charge in [-0.2, -0.15) is 0 Å². The Morgan fingerprint density at radius 3 is 2.31 bits per heavy atom. The summed E-state index contributed by atoms with van der Waals surface area (Å²) in [6, 6.07) is 12.0. The Kier molecular flexibility index (Phi) is 5.78. The molecule has 0 radical (unpaired) electrons. The van der Waals surface area contributed by atoms with E-state index < -0.39 is 8.32 Å². The van der Waals surface area contributed by atoms with Gasteiger partial charge in [-0.05, 0) is 37.5 Å². The number of hydrogen-bond acceptors (Lipinski definition) is 1. The molecule has 0 aliphatic carbocycles. The molecule has 1 aromatic carbocycles. The van der Waals surface area contributed by atoms with Crippen molar-refractivity contribution in [1.82, 2.24) is 0 Å². The van der Waals surface area contributed by atoms with Crippen LogP contribution in [0.25, 0.3) is 0 Å². The smallest absolute Gasteiger partial charge is 0.186 e. The molecule has 0 spiro atoms. The van der Waals surface area contributed by atoms with Crippen molar-refractivity contribution < 1.29 is 4.43 Å². The summed E-state index contributed by atoms with van der Waals surface area (Å²) in [7, 11) is 0.551. The molecule has 0 aromatic heterocycles. The Morgan fingerprint density at radius 2 is 1.69 bits per heavy atom. The van der Waals surface area contributed by atoms with E-state index >= 15 is 0 Å². The van der Waals surface area contributed by atoms with Crippen molar-refractivity contribution in [3.05, 3.63) is 35.9 Å². The molecular formula is C14H24OSi. The van der Waals surface area contributed by atoms with Crippen LogP contribution in [0.15, 0.2) is 30.3 Å². The monoisotopic (exact) mass is 236 g/mol. The molecule has 0 atom stereocenters. The molecule has 0 bridgehead atoms. The minimum absolute atomic E-state index is 1.22. The molecule has 0 aliphatic rings. The fourth-order valence-corrected chi connectivity index (χ4v) is 3.11. The van der Waals surface area contributed by atoms with Crippen LogP contribution in [-0.2, 0) is 10.8 Å². The standard InChI is InChI=1S/C14H24OSi/c1-15-16(2,3)13-9-5-8-12-14-10-6-4-7-11-14/h4,6-7,10-11H,5,8-9,12-13H2,1-3H3. The van der Waals surface area contributed by atoms with E-state index in [1.807, 2.05) is 7.11 Å². The van der Waals surface area contributed by atoms with Crippen molar-refractivity contribution in [3.63, 3.8) is 0 Å². The summed E-state index contributed by atoms with van der Waals surface area (Å²) >= 11 is 0. The van der Waals surface area contributed by atoms with Crippen LogP contribution >= 0.6 is 0 Å². The lowest BCUT2D eigenvalue weighted by Gasteiger charge is -2.19. The van der Waals surface area contributed by atoms with Gasteiger partial charge in [-0.25, -0.2) is 0 Å². The lowest BCUT2D eigenvalue weighted by Crippen LogP contribution is -2.27. The highest BCUT2D eigenvalue weighted by Gasteiger charge is 2.18. The molecule has 90 valence electrons. The molecule has 0 N–H and O–H groups in total. The summed E-state index contributed by atoms with van der Waals surface area (Å²) in [5.41, 5.74) is 1.46. The average molecular weight is 236 g/mol. The van der Waals surface area contributed by atoms with Gasteiger partial charge >= 0.3 is 0 Å². The van der Waals surface area contributed by atoms with Gasteiger partial charge in [0.2, 0.25) is 0 Å². The van der Waals surface area contributed by atoms with E-state index in [-0.39, 0.29) is 0 Å². The van der Waals surface area contributed by atoms with Crippen LogP contribution in [-0.4, -0.2) is 15.4 Å². The molecule has 0 unspecified atom stereocenters. The molecule has 0 saturated heterocycles. The van der Waals surface area contributed by atoms with Gasteiger partial charge in [0.25, 0.3) is 0 Å². The molecule has 1 aromatic rings. The van der Waals surface area contributed by atoms with Gasteiger partial charge in [-0.15, -0.1) is 0 Å². The van der Waals surface area contributed by atoms with Gasteiger partial charge in [0.1, 0.15) is 0 Å². The van der Waals surface area contributed by atoms with Gasteiger partial charge in [0.05, 0.1) is 0 Å². The van der Waals surface area contributed by atoms with Crippen LogP contribution in [0, 0.1) is 0 Å². The minimum atomic E-state index is -1.31. The quantitative estimate of drug-likeness (QED) is 0.508. The Labute approximate surface area is 101 Å². The topological polar surface area (TPSA) is 9.23 Å². The zero-order valence-electron chi connectivity index (χ0n) is 10.8. The first kappa shape index (κ1) is 13.5. The average Bonchev–Trinajstić information content (AvgIpc) is 2.30. The number of hydrogen-bond donors (Lipinski definition) is 0. The number of aryl methyl sites for hydroxylation is 1. The van der Waals surface area contributed by atoms with Crippen molar-refractivity contribution in [2.24, 2.45) is 0 Å². The maximum absolute atomic E-state index is 5.54. The largest absolute Gasteiger partial charge is 0.420 e. The third-order valence-corrected chi connectivity index (χ3v) is 5.80. The van der Waals surface area contributed by atoms with Crippen LogP contribution in [0.1, 0.15) is 24.8 Å². The van der Waals surface area contributed by atoms with Crippen LogP contribution in [0.5, 0.6) is 0 Å². The first-order chi connectivity index (χ1) is 7.64. The minimum Gasteiger partial charge on any atom is -0.420 e. The summed E-state index contributed by atoms with van der Waals surface area (Å²) in [5, 5.41) is 0. The highest BCUT2D eigenvalue weighted by Crippen LogP contribution is 2.16. The highest BCUT2D eigenvalue weighted by atomic mass is 28.4. The fraction of sp³-hybridized carbons (Fsp3) is 0.571. The van der Waals surface area contributed by atoms with E-state index in [1.165, 1.54) is 37.3 Å². The van der Waals surface area contributed by atoms with E-state index in [9.17, 15) is 0 Å². The van der Waals surface area contributed by atoms with Crippen LogP contribution < -0.4 is 0 Å². The molecule has 0 fully saturated rings. The third kappa shape index (κ3) is 5.47. The second-order valence-electron chi connectivity index (χ2n) is 5.01. The van der Waals surface area contributed by atoms with Gasteiger partial charge in [0, 0.05) is 7.11 Å². The van der Waals surface area contributed by atoms with E-state index in [0.717, 1.165) is 0 Å². The molecule has 1 rings (SSSR count). The highest BCUT2D eigenvalue weighted by molar-refractivity contribution is 6.71. The molecule has 0 saturated carbocycles. The second kappa shape index (κ2) is 6.87.